The normalized spacial score (nSPS) is 10.3. The van der Waals surface area contributed by atoms with Gasteiger partial charge in [0, 0.05) is 40.1 Å². The Morgan fingerprint density at radius 1 is 0.846 bits per heavy atom. The van der Waals surface area contributed by atoms with Crippen LogP contribution in [0.1, 0.15) is 6.92 Å². The number of anilines is 5. The summed E-state index contributed by atoms with van der Waals surface area (Å²) >= 11 is 12.0. The lowest BCUT2D eigenvalue weighted by Gasteiger charge is -2.10. The van der Waals surface area contributed by atoms with Gasteiger partial charge in [-0.25, -0.2) is 9.97 Å². The lowest BCUT2D eigenvalue weighted by Crippen LogP contribution is -2.06. The molecule has 0 aliphatic heterocycles. The molecule has 0 saturated heterocycles. The monoisotopic (exact) mass is 387 g/mol. The van der Waals surface area contributed by atoms with E-state index in [-0.39, 0.29) is 5.91 Å². The van der Waals surface area contributed by atoms with Crippen molar-refractivity contribution in [2.45, 2.75) is 6.92 Å². The smallest absolute Gasteiger partial charge is 0.221 e. The minimum Gasteiger partial charge on any atom is -0.340 e. The molecule has 0 radical (unpaired) electrons. The van der Waals surface area contributed by atoms with E-state index in [9.17, 15) is 4.79 Å². The molecule has 1 heterocycles. The van der Waals surface area contributed by atoms with Crippen molar-refractivity contribution in [2.75, 3.05) is 16.0 Å². The van der Waals surface area contributed by atoms with Crippen LogP contribution in [0.25, 0.3) is 0 Å². The molecule has 3 rings (SSSR count). The molecule has 8 heteroatoms. The van der Waals surface area contributed by atoms with Crippen molar-refractivity contribution in [3.63, 3.8) is 0 Å². The topological polar surface area (TPSA) is 78.9 Å². The number of benzene rings is 2. The number of carbonyl (C=O) groups excluding carboxylic acids is 1. The van der Waals surface area contributed by atoms with Crippen LogP contribution in [0.3, 0.4) is 0 Å². The fraction of sp³-hybridized carbons (Fsp3) is 0.0556. The molecule has 26 heavy (non-hydrogen) atoms. The zero-order valence-electron chi connectivity index (χ0n) is 13.8. The van der Waals surface area contributed by atoms with Crippen molar-refractivity contribution in [2.24, 2.45) is 0 Å². The molecule has 0 saturated carbocycles. The molecule has 0 unspecified atom stereocenters. The van der Waals surface area contributed by atoms with Gasteiger partial charge in [-0.1, -0.05) is 29.3 Å². The number of aromatic nitrogens is 2. The molecule has 0 bridgehead atoms. The Morgan fingerprint density at radius 2 is 1.46 bits per heavy atom. The highest BCUT2D eigenvalue weighted by Gasteiger charge is 2.04. The number of halogens is 2. The number of nitrogens with one attached hydrogen (secondary N) is 3. The van der Waals surface area contributed by atoms with Crippen LogP contribution in [-0.4, -0.2) is 15.9 Å². The molecule has 2 aromatic carbocycles. The zero-order valence-corrected chi connectivity index (χ0v) is 15.3. The second-order valence-corrected chi connectivity index (χ2v) is 6.33. The van der Waals surface area contributed by atoms with Crippen molar-refractivity contribution >= 4 is 57.8 Å². The maximum absolute atomic E-state index is 11.2. The van der Waals surface area contributed by atoms with E-state index in [0.717, 1.165) is 11.4 Å². The fourth-order valence-electron chi connectivity index (χ4n) is 2.29. The average Bonchev–Trinajstić information content (AvgIpc) is 2.54. The van der Waals surface area contributed by atoms with Gasteiger partial charge in [-0.3, -0.25) is 4.79 Å². The molecule has 132 valence electrons. The summed E-state index contributed by atoms with van der Waals surface area (Å²) in [6, 6.07) is 14.2. The molecule has 0 fully saturated rings. The van der Waals surface area contributed by atoms with Gasteiger partial charge in [0.1, 0.15) is 18.0 Å². The van der Waals surface area contributed by atoms with Crippen molar-refractivity contribution in [1.29, 1.82) is 0 Å². The minimum atomic E-state index is -0.129. The van der Waals surface area contributed by atoms with E-state index < -0.39 is 0 Å². The van der Waals surface area contributed by atoms with Gasteiger partial charge < -0.3 is 16.0 Å². The Labute approximate surface area is 160 Å². The third-order valence-electron chi connectivity index (χ3n) is 3.26. The van der Waals surface area contributed by atoms with Crippen LogP contribution >= 0.6 is 23.2 Å². The lowest BCUT2D eigenvalue weighted by molar-refractivity contribution is -0.114. The first-order chi connectivity index (χ1) is 12.5. The molecular weight excluding hydrogens is 373 g/mol. The van der Waals surface area contributed by atoms with Crippen molar-refractivity contribution in [3.8, 4) is 0 Å². The van der Waals surface area contributed by atoms with E-state index in [1.807, 2.05) is 24.3 Å². The Morgan fingerprint density at radius 3 is 2.12 bits per heavy atom. The molecule has 0 atom stereocenters. The molecule has 6 nitrogen and oxygen atoms in total. The molecule has 0 aliphatic carbocycles. The fourth-order valence-corrected chi connectivity index (χ4v) is 2.82. The predicted molar refractivity (Wildman–Crippen MR) is 106 cm³/mol. The molecule has 3 N–H and O–H groups in total. The van der Waals surface area contributed by atoms with Crippen LogP contribution in [0.15, 0.2) is 54.9 Å². The minimum absolute atomic E-state index is 0.129. The maximum Gasteiger partial charge on any atom is 0.221 e. The second kappa shape index (κ2) is 8.03. The molecule has 0 aliphatic rings. The lowest BCUT2D eigenvalue weighted by atomic mass is 10.2. The van der Waals surface area contributed by atoms with Crippen molar-refractivity contribution in [3.05, 3.63) is 64.9 Å². The average molecular weight is 388 g/mol. The quantitative estimate of drug-likeness (QED) is 0.558. The first-order valence-corrected chi connectivity index (χ1v) is 8.43. The highest BCUT2D eigenvalue weighted by atomic mass is 35.5. The predicted octanol–water partition coefficient (Wildman–Crippen LogP) is 5.23. The van der Waals surface area contributed by atoms with Crippen LogP contribution in [0.4, 0.5) is 28.7 Å². The third-order valence-corrected chi connectivity index (χ3v) is 3.69. The summed E-state index contributed by atoms with van der Waals surface area (Å²) in [6.07, 6.45) is 1.44. The first-order valence-electron chi connectivity index (χ1n) is 7.68. The summed E-state index contributed by atoms with van der Waals surface area (Å²) in [5, 5.41) is 10.1. The highest BCUT2D eigenvalue weighted by molar-refractivity contribution is 6.35. The Hall–Kier alpha value is -2.83. The van der Waals surface area contributed by atoms with Crippen molar-refractivity contribution < 1.29 is 4.79 Å². The van der Waals surface area contributed by atoms with Gasteiger partial charge in [-0.05, 0) is 36.4 Å². The number of amides is 1. The number of carbonyl (C=O) groups is 1. The molecule has 1 amide bonds. The first kappa shape index (κ1) is 18.0. The largest absolute Gasteiger partial charge is 0.340 e. The van der Waals surface area contributed by atoms with E-state index in [1.54, 1.807) is 24.3 Å². The van der Waals surface area contributed by atoms with Gasteiger partial charge >= 0.3 is 0 Å². The Bertz CT molecular complexity index is 928. The van der Waals surface area contributed by atoms with Gasteiger partial charge in [0.15, 0.2) is 0 Å². The van der Waals surface area contributed by atoms with Gasteiger partial charge in [0.2, 0.25) is 5.91 Å². The van der Waals surface area contributed by atoms with Crippen LogP contribution < -0.4 is 16.0 Å². The molecule has 3 aromatic rings. The Balaban J connectivity index is 1.76. The standard InChI is InChI=1S/C18H15Cl2N5O/c1-11(26)23-14-3-2-4-15(8-14)24-17-9-18(22-10-21-17)25-16-6-12(19)5-13(20)7-16/h2-10H,1H3,(H,23,26)(H2,21,22,24,25). The summed E-state index contributed by atoms with van der Waals surface area (Å²) in [4.78, 5) is 19.6. The SMILES string of the molecule is CC(=O)Nc1cccc(Nc2cc(Nc3cc(Cl)cc(Cl)c3)ncn2)c1. The molecular formula is C18H15Cl2N5O. The van der Waals surface area contributed by atoms with E-state index in [4.69, 9.17) is 23.2 Å². The summed E-state index contributed by atoms with van der Waals surface area (Å²) in [6.45, 7) is 1.46. The van der Waals surface area contributed by atoms with Crippen LogP contribution in [0.5, 0.6) is 0 Å². The summed E-state index contributed by atoms with van der Waals surface area (Å²) < 4.78 is 0. The van der Waals surface area contributed by atoms with Gasteiger partial charge in [0.05, 0.1) is 0 Å². The van der Waals surface area contributed by atoms with Gasteiger partial charge in [-0.15, -0.1) is 0 Å². The number of hydrogen-bond donors (Lipinski definition) is 3. The van der Waals surface area contributed by atoms with Gasteiger partial charge in [-0.2, -0.15) is 0 Å². The Kier molecular flexibility index (Phi) is 5.55. The van der Waals surface area contributed by atoms with Crippen LogP contribution in [0, 0.1) is 0 Å². The van der Waals surface area contributed by atoms with Crippen LogP contribution in [-0.2, 0) is 4.79 Å². The van der Waals surface area contributed by atoms with Crippen molar-refractivity contribution in [1.82, 2.24) is 9.97 Å². The summed E-state index contributed by atoms with van der Waals surface area (Å²) in [7, 11) is 0. The second-order valence-electron chi connectivity index (χ2n) is 5.46. The zero-order chi connectivity index (χ0) is 18.5. The number of nitrogens with zero attached hydrogens (tertiary/aromatic N) is 2. The molecule has 0 spiro atoms. The van der Waals surface area contributed by atoms with E-state index in [2.05, 4.69) is 25.9 Å². The van der Waals surface area contributed by atoms with E-state index >= 15 is 0 Å². The maximum atomic E-state index is 11.2. The summed E-state index contributed by atoms with van der Waals surface area (Å²) in [5.41, 5.74) is 2.20. The summed E-state index contributed by atoms with van der Waals surface area (Å²) in [5.74, 6) is 1.05. The van der Waals surface area contributed by atoms with E-state index in [0.29, 0.717) is 27.4 Å². The third kappa shape index (κ3) is 5.08. The van der Waals surface area contributed by atoms with Gasteiger partial charge in [0.25, 0.3) is 0 Å². The van der Waals surface area contributed by atoms with Crippen LogP contribution in [0.2, 0.25) is 10.0 Å². The number of hydrogen-bond acceptors (Lipinski definition) is 5. The highest BCUT2D eigenvalue weighted by Crippen LogP contribution is 2.26. The van der Waals surface area contributed by atoms with E-state index in [1.165, 1.54) is 13.3 Å². The number of rotatable bonds is 5. The molecule has 1 aromatic heterocycles.